The zero-order chi connectivity index (χ0) is 20.5. The first-order valence-corrected chi connectivity index (χ1v) is 10.5. The number of nitrogens with one attached hydrogen (secondary N) is 1. The first-order chi connectivity index (χ1) is 14.2. The van der Waals surface area contributed by atoms with Crippen LogP contribution in [0.15, 0.2) is 60.7 Å². The molecule has 1 heterocycles. The maximum Gasteiger partial charge on any atom is 0.260 e. The highest BCUT2D eigenvalue weighted by Gasteiger charge is 2.27. The van der Waals surface area contributed by atoms with Crippen molar-refractivity contribution in [3.8, 4) is 5.75 Å². The van der Waals surface area contributed by atoms with Crippen molar-refractivity contribution in [1.82, 2.24) is 10.2 Å². The number of para-hydroxylation sites is 1. The number of likely N-dealkylation sites (tertiary alicyclic amines) is 1. The van der Waals surface area contributed by atoms with Crippen LogP contribution in [0.5, 0.6) is 5.75 Å². The van der Waals surface area contributed by atoms with Crippen LogP contribution in [0.2, 0.25) is 0 Å². The second-order valence-electron chi connectivity index (χ2n) is 7.52. The van der Waals surface area contributed by atoms with Gasteiger partial charge in [-0.2, -0.15) is 0 Å². The van der Waals surface area contributed by atoms with Crippen LogP contribution in [0.4, 0.5) is 0 Å². The Hall–Kier alpha value is -2.82. The molecule has 2 aromatic carbocycles. The Kier molecular flexibility index (Phi) is 7.68. The van der Waals surface area contributed by atoms with E-state index in [0.717, 1.165) is 6.42 Å². The summed E-state index contributed by atoms with van der Waals surface area (Å²) in [6, 6.07) is 19.6. The summed E-state index contributed by atoms with van der Waals surface area (Å²) >= 11 is 0. The van der Waals surface area contributed by atoms with E-state index in [9.17, 15) is 9.59 Å². The van der Waals surface area contributed by atoms with Crippen LogP contribution >= 0.6 is 0 Å². The molecule has 0 bridgehead atoms. The first kappa shape index (κ1) is 20.9. The maximum absolute atomic E-state index is 12.6. The molecule has 0 radical (unpaired) electrons. The highest BCUT2D eigenvalue weighted by atomic mass is 16.5. The molecule has 29 heavy (non-hydrogen) atoms. The van der Waals surface area contributed by atoms with E-state index in [0.29, 0.717) is 44.1 Å². The molecule has 1 saturated heterocycles. The molecule has 0 spiro atoms. The Labute approximate surface area is 173 Å². The van der Waals surface area contributed by atoms with Gasteiger partial charge in [-0.25, -0.2) is 0 Å². The molecule has 1 aliphatic rings. The number of carbonyl (C=O) groups excluding carboxylic acids is 2. The van der Waals surface area contributed by atoms with Crippen molar-refractivity contribution < 1.29 is 14.3 Å². The molecule has 2 aromatic rings. The summed E-state index contributed by atoms with van der Waals surface area (Å²) in [6.45, 7) is 4.04. The van der Waals surface area contributed by atoms with Crippen LogP contribution in [0, 0.1) is 5.92 Å². The Morgan fingerprint density at radius 2 is 1.66 bits per heavy atom. The molecule has 5 nitrogen and oxygen atoms in total. The van der Waals surface area contributed by atoms with Gasteiger partial charge in [0.1, 0.15) is 5.75 Å². The van der Waals surface area contributed by atoms with Crippen molar-refractivity contribution in [2.24, 2.45) is 5.92 Å². The fourth-order valence-corrected chi connectivity index (χ4v) is 3.74. The summed E-state index contributed by atoms with van der Waals surface area (Å²) < 4.78 is 5.54. The number of hydrogen-bond acceptors (Lipinski definition) is 3. The zero-order valence-corrected chi connectivity index (χ0v) is 17.0. The number of ether oxygens (including phenoxy) is 1. The number of benzene rings is 2. The molecule has 0 aromatic heterocycles. The maximum atomic E-state index is 12.6. The lowest BCUT2D eigenvalue weighted by molar-refractivity contribution is -0.137. The summed E-state index contributed by atoms with van der Waals surface area (Å²) in [5.41, 5.74) is 1.26. The normalized spacial score (nSPS) is 15.6. The molecule has 1 N–H and O–H groups in total. The topological polar surface area (TPSA) is 58.6 Å². The minimum Gasteiger partial charge on any atom is -0.484 e. The Balaban J connectivity index is 1.40. The van der Waals surface area contributed by atoms with Gasteiger partial charge in [-0.05, 0) is 37.0 Å². The summed E-state index contributed by atoms with van der Waals surface area (Å²) in [4.78, 5) is 26.8. The fourth-order valence-electron chi connectivity index (χ4n) is 3.74. The van der Waals surface area contributed by atoms with Gasteiger partial charge in [-0.15, -0.1) is 0 Å². The predicted octanol–water partition coefficient (Wildman–Crippen LogP) is 3.61. The van der Waals surface area contributed by atoms with E-state index in [-0.39, 0.29) is 24.3 Å². The minimum absolute atomic E-state index is 0.0252. The second kappa shape index (κ2) is 10.6. The highest BCUT2D eigenvalue weighted by Crippen LogP contribution is 2.21. The molecule has 0 aliphatic carbocycles. The average Bonchev–Trinajstić information content (AvgIpc) is 2.79. The molecule has 5 heteroatoms. The SMILES string of the molecule is CCC(CNC(=O)C1CCN(C(=O)COc2ccccc2)CC1)c1ccccc1. The average molecular weight is 395 g/mol. The predicted molar refractivity (Wildman–Crippen MR) is 114 cm³/mol. The molecule has 154 valence electrons. The van der Waals surface area contributed by atoms with Gasteiger partial charge in [-0.3, -0.25) is 9.59 Å². The monoisotopic (exact) mass is 394 g/mol. The van der Waals surface area contributed by atoms with Crippen LogP contribution in [-0.4, -0.2) is 43.0 Å². The smallest absolute Gasteiger partial charge is 0.260 e. The molecule has 1 fully saturated rings. The molecule has 3 rings (SSSR count). The molecule has 1 unspecified atom stereocenters. The van der Waals surface area contributed by atoms with Crippen molar-refractivity contribution >= 4 is 11.8 Å². The Morgan fingerprint density at radius 3 is 2.28 bits per heavy atom. The minimum atomic E-state index is -0.0256. The van der Waals surface area contributed by atoms with E-state index in [1.165, 1.54) is 5.56 Å². The lowest BCUT2D eigenvalue weighted by Gasteiger charge is -2.31. The summed E-state index contributed by atoms with van der Waals surface area (Å²) in [5, 5.41) is 3.13. The van der Waals surface area contributed by atoms with Crippen molar-refractivity contribution in [1.29, 1.82) is 0 Å². The lowest BCUT2D eigenvalue weighted by atomic mass is 9.94. The number of rotatable bonds is 8. The third kappa shape index (κ3) is 6.08. The number of piperidine rings is 1. The van der Waals surface area contributed by atoms with Gasteiger partial charge in [-0.1, -0.05) is 55.5 Å². The van der Waals surface area contributed by atoms with Gasteiger partial charge >= 0.3 is 0 Å². The van der Waals surface area contributed by atoms with Gasteiger partial charge < -0.3 is 15.0 Å². The van der Waals surface area contributed by atoms with Crippen molar-refractivity contribution in [3.63, 3.8) is 0 Å². The van der Waals surface area contributed by atoms with Crippen LogP contribution < -0.4 is 10.1 Å². The summed E-state index contributed by atoms with van der Waals surface area (Å²) in [6.07, 6.45) is 2.38. The number of amides is 2. The van der Waals surface area contributed by atoms with E-state index < -0.39 is 0 Å². The summed E-state index contributed by atoms with van der Waals surface area (Å²) in [7, 11) is 0. The van der Waals surface area contributed by atoms with Gasteiger partial charge in [0, 0.05) is 31.5 Å². The molecular weight excluding hydrogens is 364 g/mol. The van der Waals surface area contributed by atoms with E-state index in [1.54, 1.807) is 4.90 Å². The third-order valence-corrected chi connectivity index (χ3v) is 5.61. The van der Waals surface area contributed by atoms with Crippen molar-refractivity contribution in [2.45, 2.75) is 32.1 Å². The van der Waals surface area contributed by atoms with Gasteiger partial charge in [0.2, 0.25) is 5.91 Å². The zero-order valence-electron chi connectivity index (χ0n) is 17.0. The van der Waals surface area contributed by atoms with E-state index in [2.05, 4.69) is 24.4 Å². The van der Waals surface area contributed by atoms with Crippen LogP contribution in [-0.2, 0) is 9.59 Å². The highest BCUT2D eigenvalue weighted by molar-refractivity contribution is 5.80. The molecular formula is C24H30N2O3. The fraction of sp³-hybridized carbons (Fsp3) is 0.417. The van der Waals surface area contributed by atoms with E-state index in [4.69, 9.17) is 4.74 Å². The lowest BCUT2D eigenvalue weighted by Crippen LogP contribution is -2.45. The van der Waals surface area contributed by atoms with Gasteiger partial charge in [0.05, 0.1) is 0 Å². The van der Waals surface area contributed by atoms with Crippen molar-refractivity contribution in [2.75, 3.05) is 26.2 Å². The molecule has 0 saturated carbocycles. The quantitative estimate of drug-likeness (QED) is 0.744. The first-order valence-electron chi connectivity index (χ1n) is 10.5. The number of hydrogen-bond donors (Lipinski definition) is 1. The number of nitrogens with zero attached hydrogens (tertiary/aromatic N) is 1. The molecule has 2 amide bonds. The van der Waals surface area contributed by atoms with E-state index in [1.807, 2.05) is 48.5 Å². The van der Waals surface area contributed by atoms with Gasteiger partial charge in [0.25, 0.3) is 5.91 Å². The summed E-state index contributed by atoms with van der Waals surface area (Å²) in [5.74, 6) is 1.08. The Morgan fingerprint density at radius 1 is 1.03 bits per heavy atom. The van der Waals surface area contributed by atoms with Crippen LogP contribution in [0.1, 0.15) is 37.7 Å². The molecule has 1 atom stereocenters. The molecule has 1 aliphatic heterocycles. The van der Waals surface area contributed by atoms with E-state index >= 15 is 0 Å². The van der Waals surface area contributed by atoms with Gasteiger partial charge in [0.15, 0.2) is 6.61 Å². The number of carbonyl (C=O) groups is 2. The van der Waals surface area contributed by atoms with Crippen LogP contribution in [0.3, 0.4) is 0 Å². The van der Waals surface area contributed by atoms with Crippen LogP contribution in [0.25, 0.3) is 0 Å². The third-order valence-electron chi connectivity index (χ3n) is 5.61. The van der Waals surface area contributed by atoms with Crippen molar-refractivity contribution in [3.05, 3.63) is 66.2 Å². The largest absolute Gasteiger partial charge is 0.484 e. The second-order valence-corrected chi connectivity index (χ2v) is 7.52. The Bertz CT molecular complexity index is 771. The standard InChI is InChI=1S/C24H30N2O3/c1-2-19(20-9-5-3-6-10-20)17-25-24(28)21-13-15-26(16-14-21)23(27)18-29-22-11-7-4-8-12-22/h3-12,19,21H,2,13-18H2,1H3,(H,25,28).